The second kappa shape index (κ2) is 8.39. The molecule has 3 nitrogen and oxygen atoms in total. The summed E-state index contributed by atoms with van der Waals surface area (Å²) in [5.41, 5.74) is 0.656. The molecule has 2 aliphatic rings. The van der Waals surface area contributed by atoms with E-state index in [1.54, 1.807) is 12.1 Å². The topological polar surface area (TPSA) is 27.7 Å². The van der Waals surface area contributed by atoms with E-state index in [9.17, 15) is 13.2 Å². The molecule has 4 rings (SSSR count). The van der Waals surface area contributed by atoms with Gasteiger partial charge in [-0.3, -0.25) is 0 Å². The van der Waals surface area contributed by atoms with Crippen molar-refractivity contribution in [2.45, 2.75) is 45.0 Å². The summed E-state index contributed by atoms with van der Waals surface area (Å²) in [6.45, 7) is 4.02. The fraction of sp³-hybridized carbons (Fsp3) is 0.545. The van der Waals surface area contributed by atoms with Crippen LogP contribution in [0.2, 0.25) is 0 Å². The standard InChI is InChI=1S/C22H25F3O3/c1-2-3-13-4-7-19(26-10-13)16-11-27-22(28-12-16)14-5-6-17-15(8-14)9-18(23)21(25)20(17)24/h5-6,8-9,13,16,19,22H,2-4,7,10-12H2,1H3. The van der Waals surface area contributed by atoms with Crippen molar-refractivity contribution in [1.29, 1.82) is 0 Å². The van der Waals surface area contributed by atoms with Crippen LogP contribution >= 0.6 is 0 Å². The van der Waals surface area contributed by atoms with Crippen LogP contribution in [0.1, 0.15) is 44.5 Å². The van der Waals surface area contributed by atoms with Gasteiger partial charge in [0.05, 0.1) is 19.3 Å². The zero-order chi connectivity index (χ0) is 19.7. The normalized spacial score (nSPS) is 28.6. The highest BCUT2D eigenvalue weighted by atomic mass is 19.2. The molecule has 6 heteroatoms. The van der Waals surface area contributed by atoms with Crippen LogP contribution in [0.4, 0.5) is 13.2 Å². The largest absolute Gasteiger partial charge is 0.377 e. The SMILES string of the molecule is CCCC1CCC(C2COC(c3ccc4c(F)c(F)c(F)cc4c3)OC2)OC1. The number of benzene rings is 2. The molecule has 0 spiro atoms. The van der Waals surface area contributed by atoms with Gasteiger partial charge in [0.15, 0.2) is 23.7 Å². The first-order chi connectivity index (χ1) is 13.6. The van der Waals surface area contributed by atoms with Crippen molar-refractivity contribution >= 4 is 10.8 Å². The van der Waals surface area contributed by atoms with Crippen LogP contribution in [0, 0.1) is 29.3 Å². The van der Waals surface area contributed by atoms with Crippen molar-refractivity contribution < 1.29 is 27.4 Å². The lowest BCUT2D eigenvalue weighted by atomic mass is 9.89. The Hall–Kier alpha value is -1.63. The minimum Gasteiger partial charge on any atom is -0.377 e. The zero-order valence-corrected chi connectivity index (χ0v) is 15.9. The average molecular weight is 394 g/mol. The average Bonchev–Trinajstić information content (AvgIpc) is 2.73. The van der Waals surface area contributed by atoms with Gasteiger partial charge in [0.1, 0.15) is 0 Å². The Morgan fingerprint density at radius 2 is 1.71 bits per heavy atom. The molecular weight excluding hydrogens is 369 g/mol. The highest BCUT2D eigenvalue weighted by Gasteiger charge is 2.33. The van der Waals surface area contributed by atoms with Gasteiger partial charge in [0.25, 0.3) is 0 Å². The van der Waals surface area contributed by atoms with E-state index in [1.165, 1.54) is 25.3 Å². The van der Waals surface area contributed by atoms with Crippen LogP contribution in [0.5, 0.6) is 0 Å². The zero-order valence-electron chi connectivity index (χ0n) is 15.9. The van der Waals surface area contributed by atoms with Gasteiger partial charge in [-0.15, -0.1) is 0 Å². The van der Waals surface area contributed by atoms with E-state index in [0.29, 0.717) is 24.7 Å². The molecule has 2 aliphatic heterocycles. The maximum absolute atomic E-state index is 13.9. The van der Waals surface area contributed by atoms with Crippen molar-refractivity contribution in [2.24, 2.45) is 11.8 Å². The summed E-state index contributed by atoms with van der Waals surface area (Å²) >= 11 is 0. The third-order valence-corrected chi connectivity index (χ3v) is 5.82. The number of hydrogen-bond acceptors (Lipinski definition) is 3. The van der Waals surface area contributed by atoms with E-state index in [2.05, 4.69) is 6.92 Å². The van der Waals surface area contributed by atoms with Crippen molar-refractivity contribution in [3.63, 3.8) is 0 Å². The van der Waals surface area contributed by atoms with Crippen molar-refractivity contribution in [2.75, 3.05) is 19.8 Å². The Kier molecular flexibility index (Phi) is 5.90. The third-order valence-electron chi connectivity index (χ3n) is 5.82. The van der Waals surface area contributed by atoms with E-state index < -0.39 is 23.7 Å². The molecule has 2 fully saturated rings. The van der Waals surface area contributed by atoms with Gasteiger partial charge in [-0.1, -0.05) is 25.5 Å². The summed E-state index contributed by atoms with van der Waals surface area (Å²) in [4.78, 5) is 0. The van der Waals surface area contributed by atoms with E-state index in [1.807, 2.05) is 0 Å². The number of hydrogen-bond donors (Lipinski definition) is 0. The quantitative estimate of drug-likeness (QED) is 0.640. The lowest BCUT2D eigenvalue weighted by Gasteiger charge is -2.37. The molecule has 0 saturated carbocycles. The lowest BCUT2D eigenvalue weighted by Crippen LogP contribution is -2.40. The molecule has 0 bridgehead atoms. The summed E-state index contributed by atoms with van der Waals surface area (Å²) in [7, 11) is 0. The Morgan fingerprint density at radius 3 is 2.39 bits per heavy atom. The van der Waals surface area contributed by atoms with Crippen LogP contribution in [0.15, 0.2) is 24.3 Å². The molecule has 2 saturated heterocycles. The van der Waals surface area contributed by atoms with Gasteiger partial charge in [0, 0.05) is 23.5 Å². The Balaban J connectivity index is 1.39. The maximum atomic E-state index is 13.9. The van der Waals surface area contributed by atoms with Crippen LogP contribution in [0.3, 0.4) is 0 Å². The molecule has 2 aromatic rings. The highest BCUT2D eigenvalue weighted by Crippen LogP contribution is 2.33. The molecule has 2 unspecified atom stereocenters. The van der Waals surface area contributed by atoms with Gasteiger partial charge in [0.2, 0.25) is 0 Å². The first-order valence-corrected chi connectivity index (χ1v) is 9.98. The molecule has 0 N–H and O–H groups in total. The number of ether oxygens (including phenoxy) is 3. The second-order valence-electron chi connectivity index (χ2n) is 7.83. The Labute approximate surface area is 162 Å². The Bertz CT molecular complexity index is 825. The molecule has 2 atom stereocenters. The van der Waals surface area contributed by atoms with Gasteiger partial charge in [-0.25, -0.2) is 13.2 Å². The highest BCUT2D eigenvalue weighted by molar-refractivity contribution is 5.84. The predicted octanol–water partition coefficient (Wildman–Crippen LogP) is 5.51. The molecule has 28 heavy (non-hydrogen) atoms. The summed E-state index contributed by atoms with van der Waals surface area (Å²) in [6, 6.07) is 5.63. The fourth-order valence-electron chi connectivity index (χ4n) is 4.23. The van der Waals surface area contributed by atoms with E-state index in [0.717, 1.165) is 19.1 Å². The smallest absolute Gasteiger partial charge is 0.195 e. The first kappa shape index (κ1) is 19.7. The monoisotopic (exact) mass is 394 g/mol. The summed E-state index contributed by atoms with van der Waals surface area (Å²) < 4.78 is 58.6. The maximum Gasteiger partial charge on any atom is 0.195 e. The molecule has 0 radical (unpaired) electrons. The van der Waals surface area contributed by atoms with Crippen LogP contribution < -0.4 is 0 Å². The van der Waals surface area contributed by atoms with Gasteiger partial charge in [-0.05, 0) is 42.7 Å². The first-order valence-electron chi connectivity index (χ1n) is 9.98. The van der Waals surface area contributed by atoms with Crippen molar-refractivity contribution in [1.82, 2.24) is 0 Å². The van der Waals surface area contributed by atoms with E-state index in [4.69, 9.17) is 14.2 Å². The molecule has 2 aromatic carbocycles. The number of rotatable bonds is 4. The predicted molar refractivity (Wildman–Crippen MR) is 99.3 cm³/mol. The lowest BCUT2D eigenvalue weighted by molar-refractivity contribution is -0.227. The molecule has 2 heterocycles. The van der Waals surface area contributed by atoms with Crippen LogP contribution in [-0.4, -0.2) is 25.9 Å². The third kappa shape index (κ3) is 3.91. The fourth-order valence-corrected chi connectivity index (χ4v) is 4.23. The van der Waals surface area contributed by atoms with Crippen molar-refractivity contribution in [3.05, 3.63) is 47.3 Å². The minimum absolute atomic E-state index is 0.0357. The number of fused-ring (bicyclic) bond motifs is 1. The molecular formula is C22H25F3O3. The summed E-state index contributed by atoms with van der Waals surface area (Å²) in [6.07, 6.45) is 4.14. The van der Waals surface area contributed by atoms with Crippen molar-refractivity contribution in [3.8, 4) is 0 Å². The Morgan fingerprint density at radius 1 is 0.929 bits per heavy atom. The summed E-state index contributed by atoms with van der Waals surface area (Å²) in [5, 5.41) is 0.314. The molecule has 0 aliphatic carbocycles. The molecule has 0 aromatic heterocycles. The molecule has 152 valence electrons. The van der Waals surface area contributed by atoms with E-state index >= 15 is 0 Å². The van der Waals surface area contributed by atoms with Gasteiger partial charge in [-0.2, -0.15) is 0 Å². The summed E-state index contributed by atoms with van der Waals surface area (Å²) in [5.74, 6) is -3.00. The molecule has 0 amide bonds. The van der Waals surface area contributed by atoms with Gasteiger partial charge >= 0.3 is 0 Å². The van der Waals surface area contributed by atoms with Gasteiger partial charge < -0.3 is 14.2 Å². The van der Waals surface area contributed by atoms with Crippen LogP contribution in [-0.2, 0) is 14.2 Å². The minimum atomic E-state index is -1.46. The second-order valence-corrected chi connectivity index (χ2v) is 7.83. The van der Waals surface area contributed by atoms with E-state index in [-0.39, 0.29) is 22.8 Å². The number of halogens is 3. The van der Waals surface area contributed by atoms with Crippen LogP contribution in [0.25, 0.3) is 10.8 Å².